The molecule has 4 aromatic heterocycles. The lowest BCUT2D eigenvalue weighted by Gasteiger charge is -2.04. The molecule has 0 bridgehead atoms. The largest absolute Gasteiger partial charge is 0.369 e. The SMILES string of the molecule is CCn1c(N)nc2cc(C(=O)NCCc3nc(-c4cccnc4)n[nH]3)cnc21. The number of carbonyl (C=O) groups excluding carboxylic acids is 1. The molecular formula is C18H19N9O. The lowest BCUT2D eigenvalue weighted by atomic mass is 10.2. The van der Waals surface area contributed by atoms with Gasteiger partial charge in [-0.05, 0) is 25.1 Å². The van der Waals surface area contributed by atoms with E-state index in [-0.39, 0.29) is 5.91 Å². The molecule has 0 fully saturated rings. The third-order valence-electron chi connectivity index (χ3n) is 4.29. The van der Waals surface area contributed by atoms with Crippen LogP contribution < -0.4 is 11.1 Å². The minimum absolute atomic E-state index is 0.231. The highest BCUT2D eigenvalue weighted by atomic mass is 16.1. The second-order valence-corrected chi connectivity index (χ2v) is 6.13. The molecule has 4 aromatic rings. The van der Waals surface area contributed by atoms with Crippen LogP contribution in [-0.2, 0) is 13.0 Å². The summed E-state index contributed by atoms with van der Waals surface area (Å²) in [6, 6.07) is 5.40. The van der Waals surface area contributed by atoms with E-state index in [0.717, 1.165) is 5.56 Å². The Morgan fingerprint density at radius 1 is 1.32 bits per heavy atom. The summed E-state index contributed by atoms with van der Waals surface area (Å²) in [6.07, 6.45) is 5.44. The maximum absolute atomic E-state index is 12.4. The first-order valence-corrected chi connectivity index (χ1v) is 8.87. The zero-order valence-electron chi connectivity index (χ0n) is 15.3. The van der Waals surface area contributed by atoms with Crippen molar-refractivity contribution in [1.29, 1.82) is 0 Å². The summed E-state index contributed by atoms with van der Waals surface area (Å²) >= 11 is 0. The van der Waals surface area contributed by atoms with Crippen LogP contribution in [-0.4, -0.2) is 47.2 Å². The summed E-state index contributed by atoms with van der Waals surface area (Å²) in [5, 5.41) is 9.90. The maximum atomic E-state index is 12.4. The Balaban J connectivity index is 1.38. The Bertz CT molecular complexity index is 1120. The molecule has 0 radical (unpaired) electrons. The van der Waals surface area contributed by atoms with E-state index in [1.54, 1.807) is 23.0 Å². The van der Waals surface area contributed by atoms with Gasteiger partial charge in [0, 0.05) is 43.7 Å². The molecule has 4 heterocycles. The highest BCUT2D eigenvalue weighted by molar-refractivity contribution is 5.96. The van der Waals surface area contributed by atoms with E-state index in [1.807, 2.05) is 19.1 Å². The average molecular weight is 377 g/mol. The van der Waals surface area contributed by atoms with Crippen molar-refractivity contribution >= 4 is 23.0 Å². The van der Waals surface area contributed by atoms with Gasteiger partial charge in [-0.2, -0.15) is 5.10 Å². The van der Waals surface area contributed by atoms with Crippen LogP contribution in [0.4, 0.5) is 5.95 Å². The third kappa shape index (κ3) is 3.39. The summed E-state index contributed by atoms with van der Waals surface area (Å²) in [4.78, 5) is 29.4. The van der Waals surface area contributed by atoms with Crippen LogP contribution in [0.15, 0.2) is 36.8 Å². The van der Waals surface area contributed by atoms with E-state index in [4.69, 9.17) is 5.73 Å². The number of aromatic nitrogens is 7. The number of aromatic amines is 1. The van der Waals surface area contributed by atoms with Crippen molar-refractivity contribution in [1.82, 2.24) is 40.0 Å². The number of nitrogen functional groups attached to an aromatic ring is 1. The zero-order valence-corrected chi connectivity index (χ0v) is 15.3. The second kappa shape index (κ2) is 7.43. The number of pyridine rings is 2. The van der Waals surface area contributed by atoms with E-state index in [2.05, 4.69) is 35.5 Å². The fraction of sp³-hybridized carbons (Fsp3) is 0.222. The minimum atomic E-state index is -0.231. The Hall–Kier alpha value is -3.82. The number of hydrogen-bond donors (Lipinski definition) is 3. The smallest absolute Gasteiger partial charge is 0.252 e. The molecule has 0 unspecified atom stereocenters. The van der Waals surface area contributed by atoms with E-state index >= 15 is 0 Å². The quantitative estimate of drug-likeness (QED) is 0.458. The van der Waals surface area contributed by atoms with E-state index in [9.17, 15) is 4.79 Å². The Labute approximate surface area is 160 Å². The lowest BCUT2D eigenvalue weighted by Crippen LogP contribution is -2.26. The fourth-order valence-electron chi connectivity index (χ4n) is 2.89. The standard InChI is InChI=1S/C18H19N9O/c1-2-27-16-13(23-18(27)19)8-12(10-22-16)17(28)21-7-5-14-24-15(26-25-14)11-4-3-6-20-9-11/h3-4,6,8-10H,2,5,7H2,1H3,(H2,19,23)(H,21,28)(H,24,25,26). The predicted octanol–water partition coefficient (Wildman–Crippen LogP) is 1.19. The molecule has 1 amide bonds. The molecule has 0 aliphatic rings. The Morgan fingerprint density at radius 2 is 2.21 bits per heavy atom. The molecule has 4 rings (SSSR count). The van der Waals surface area contributed by atoms with Crippen molar-refractivity contribution in [2.75, 3.05) is 12.3 Å². The van der Waals surface area contributed by atoms with Gasteiger partial charge < -0.3 is 11.1 Å². The van der Waals surface area contributed by atoms with Crippen LogP contribution in [0.3, 0.4) is 0 Å². The molecule has 142 valence electrons. The molecular weight excluding hydrogens is 358 g/mol. The number of amides is 1. The number of nitrogens with zero attached hydrogens (tertiary/aromatic N) is 6. The fourth-order valence-corrected chi connectivity index (χ4v) is 2.89. The molecule has 4 N–H and O–H groups in total. The van der Waals surface area contributed by atoms with Crippen molar-refractivity contribution in [3.8, 4) is 11.4 Å². The van der Waals surface area contributed by atoms with Crippen LogP contribution in [0.5, 0.6) is 0 Å². The molecule has 0 saturated carbocycles. The van der Waals surface area contributed by atoms with Gasteiger partial charge >= 0.3 is 0 Å². The van der Waals surface area contributed by atoms with Crippen molar-refractivity contribution in [3.63, 3.8) is 0 Å². The predicted molar refractivity (Wildman–Crippen MR) is 103 cm³/mol. The van der Waals surface area contributed by atoms with Crippen LogP contribution in [0.2, 0.25) is 0 Å². The van der Waals surface area contributed by atoms with Crippen molar-refractivity contribution in [2.24, 2.45) is 0 Å². The molecule has 0 atom stereocenters. The molecule has 0 aliphatic carbocycles. The van der Waals surface area contributed by atoms with Gasteiger partial charge in [-0.15, -0.1) is 0 Å². The second-order valence-electron chi connectivity index (χ2n) is 6.13. The van der Waals surface area contributed by atoms with Gasteiger partial charge in [-0.3, -0.25) is 19.4 Å². The van der Waals surface area contributed by atoms with Crippen LogP contribution in [0, 0.1) is 0 Å². The number of anilines is 1. The summed E-state index contributed by atoms with van der Waals surface area (Å²) < 4.78 is 1.79. The number of aryl methyl sites for hydroxylation is 1. The minimum Gasteiger partial charge on any atom is -0.369 e. The molecule has 0 aliphatic heterocycles. The van der Waals surface area contributed by atoms with E-state index < -0.39 is 0 Å². The number of nitrogens with two attached hydrogens (primary N) is 1. The summed E-state index contributed by atoms with van der Waals surface area (Å²) in [5.74, 6) is 1.42. The van der Waals surface area contributed by atoms with Crippen LogP contribution >= 0.6 is 0 Å². The number of rotatable bonds is 6. The monoisotopic (exact) mass is 377 g/mol. The molecule has 0 spiro atoms. The first-order valence-electron chi connectivity index (χ1n) is 8.87. The van der Waals surface area contributed by atoms with E-state index in [1.165, 1.54) is 6.20 Å². The molecule has 10 nitrogen and oxygen atoms in total. The van der Waals surface area contributed by atoms with Gasteiger partial charge in [0.15, 0.2) is 11.5 Å². The van der Waals surface area contributed by atoms with E-state index in [0.29, 0.717) is 53.8 Å². The number of hydrogen-bond acceptors (Lipinski definition) is 7. The van der Waals surface area contributed by atoms with Crippen molar-refractivity contribution in [3.05, 3.63) is 48.2 Å². The number of imidazole rings is 1. The number of carbonyl (C=O) groups is 1. The normalized spacial score (nSPS) is 11.0. The molecule has 0 saturated heterocycles. The highest BCUT2D eigenvalue weighted by Crippen LogP contribution is 2.16. The first-order chi connectivity index (χ1) is 13.7. The summed E-state index contributed by atoms with van der Waals surface area (Å²) in [5.41, 5.74) is 8.40. The van der Waals surface area contributed by atoms with Gasteiger partial charge in [0.1, 0.15) is 11.3 Å². The van der Waals surface area contributed by atoms with Gasteiger partial charge in [-0.1, -0.05) is 0 Å². The Morgan fingerprint density at radius 3 is 3.00 bits per heavy atom. The van der Waals surface area contributed by atoms with Gasteiger partial charge in [0.25, 0.3) is 5.91 Å². The molecule has 28 heavy (non-hydrogen) atoms. The highest BCUT2D eigenvalue weighted by Gasteiger charge is 2.13. The van der Waals surface area contributed by atoms with Crippen molar-refractivity contribution in [2.45, 2.75) is 19.9 Å². The molecule has 10 heteroatoms. The maximum Gasteiger partial charge on any atom is 0.252 e. The number of fused-ring (bicyclic) bond motifs is 1. The lowest BCUT2D eigenvalue weighted by molar-refractivity contribution is 0.0954. The van der Waals surface area contributed by atoms with Gasteiger partial charge in [0.2, 0.25) is 5.95 Å². The number of nitrogens with one attached hydrogen (secondary N) is 2. The number of H-pyrrole nitrogens is 1. The summed E-state index contributed by atoms with van der Waals surface area (Å²) in [7, 11) is 0. The first kappa shape index (κ1) is 17.6. The van der Waals surface area contributed by atoms with Gasteiger partial charge in [0.05, 0.1) is 5.56 Å². The average Bonchev–Trinajstić information content (AvgIpc) is 3.31. The Kier molecular flexibility index (Phi) is 4.67. The van der Waals surface area contributed by atoms with Crippen LogP contribution in [0.1, 0.15) is 23.1 Å². The zero-order chi connectivity index (χ0) is 19.5. The molecule has 0 aromatic carbocycles. The summed E-state index contributed by atoms with van der Waals surface area (Å²) in [6.45, 7) is 3.03. The van der Waals surface area contributed by atoms with Crippen molar-refractivity contribution < 1.29 is 4.79 Å². The van der Waals surface area contributed by atoms with Gasteiger partial charge in [-0.25, -0.2) is 15.0 Å². The third-order valence-corrected chi connectivity index (χ3v) is 4.29. The van der Waals surface area contributed by atoms with Crippen LogP contribution in [0.25, 0.3) is 22.6 Å². The topological polar surface area (TPSA) is 140 Å².